The van der Waals surface area contributed by atoms with Crippen LogP contribution in [0.5, 0.6) is 5.75 Å². The summed E-state index contributed by atoms with van der Waals surface area (Å²) < 4.78 is 5.29. The molecule has 96 valence electrons. The predicted molar refractivity (Wildman–Crippen MR) is 74.1 cm³/mol. The van der Waals surface area contributed by atoms with E-state index in [-0.39, 0.29) is 0 Å². The molecule has 0 fully saturated rings. The fourth-order valence-corrected chi connectivity index (χ4v) is 2.94. The number of H-pyrrole nitrogens is 1. The number of nitrogens with one attached hydrogen (secondary N) is 2. The highest BCUT2D eigenvalue weighted by Crippen LogP contribution is 2.34. The van der Waals surface area contributed by atoms with Crippen LogP contribution in [0, 0.1) is 5.92 Å². The molecular formula is C15H20N2O. The summed E-state index contributed by atoms with van der Waals surface area (Å²) in [6.45, 7) is 5.59. The van der Waals surface area contributed by atoms with Crippen LogP contribution in [0.15, 0.2) is 18.2 Å². The molecule has 1 atom stereocenters. The Morgan fingerprint density at radius 2 is 2.17 bits per heavy atom. The average Bonchev–Trinajstić information content (AvgIpc) is 2.75. The normalized spacial score (nSPS) is 19.2. The van der Waals surface area contributed by atoms with Gasteiger partial charge in [0.15, 0.2) is 0 Å². The fourth-order valence-electron chi connectivity index (χ4n) is 2.94. The summed E-state index contributed by atoms with van der Waals surface area (Å²) in [6, 6.07) is 6.74. The van der Waals surface area contributed by atoms with Gasteiger partial charge < -0.3 is 15.0 Å². The first-order chi connectivity index (χ1) is 8.70. The number of ether oxygens (including phenoxy) is 1. The van der Waals surface area contributed by atoms with Gasteiger partial charge in [0.05, 0.1) is 7.11 Å². The summed E-state index contributed by atoms with van der Waals surface area (Å²) in [5, 5.41) is 4.95. The first-order valence-electron chi connectivity index (χ1n) is 6.62. The highest BCUT2D eigenvalue weighted by atomic mass is 16.5. The van der Waals surface area contributed by atoms with E-state index >= 15 is 0 Å². The van der Waals surface area contributed by atoms with Crippen LogP contribution in [0.4, 0.5) is 0 Å². The summed E-state index contributed by atoms with van der Waals surface area (Å²) >= 11 is 0. The summed E-state index contributed by atoms with van der Waals surface area (Å²) in [5.74, 6) is 1.51. The van der Waals surface area contributed by atoms with Crippen molar-refractivity contribution in [3.05, 3.63) is 29.5 Å². The van der Waals surface area contributed by atoms with Gasteiger partial charge in [-0.3, -0.25) is 0 Å². The maximum Gasteiger partial charge on any atom is 0.120 e. The zero-order chi connectivity index (χ0) is 12.7. The molecule has 1 aliphatic heterocycles. The van der Waals surface area contributed by atoms with Gasteiger partial charge in [0.2, 0.25) is 0 Å². The lowest BCUT2D eigenvalue weighted by atomic mass is 9.92. The fraction of sp³-hybridized carbons (Fsp3) is 0.467. The number of aromatic amines is 1. The quantitative estimate of drug-likeness (QED) is 0.852. The lowest BCUT2D eigenvalue weighted by Gasteiger charge is -2.27. The maximum atomic E-state index is 5.29. The zero-order valence-electron chi connectivity index (χ0n) is 11.2. The van der Waals surface area contributed by atoms with Crippen LogP contribution in [-0.4, -0.2) is 18.6 Å². The van der Waals surface area contributed by atoms with Gasteiger partial charge in [-0.25, -0.2) is 0 Å². The maximum absolute atomic E-state index is 5.29. The molecule has 1 aromatic heterocycles. The SMILES string of the molecule is COc1ccc2c3c([nH]c2c1)[C@@H](C(C)C)NCC3. The number of hydrogen-bond acceptors (Lipinski definition) is 2. The standard InChI is InChI=1S/C15H20N2O/c1-9(2)14-15-12(6-7-16-14)11-5-4-10(18-3)8-13(11)17-15/h4-5,8-9,14,16-17H,6-7H2,1-3H3/t14-/m1/s1. The van der Waals surface area contributed by atoms with Gasteiger partial charge >= 0.3 is 0 Å². The Kier molecular flexibility index (Phi) is 2.78. The van der Waals surface area contributed by atoms with Gasteiger partial charge in [0, 0.05) is 28.7 Å². The Labute approximate surface area is 108 Å². The average molecular weight is 244 g/mol. The molecule has 0 radical (unpaired) electrons. The molecule has 1 aliphatic rings. The second-order valence-electron chi connectivity index (χ2n) is 5.35. The molecule has 2 N–H and O–H groups in total. The Morgan fingerprint density at radius 1 is 1.33 bits per heavy atom. The first-order valence-corrected chi connectivity index (χ1v) is 6.62. The van der Waals surface area contributed by atoms with Crippen molar-refractivity contribution in [3.8, 4) is 5.75 Å². The number of hydrogen-bond donors (Lipinski definition) is 2. The van der Waals surface area contributed by atoms with E-state index in [0.29, 0.717) is 12.0 Å². The molecule has 0 aliphatic carbocycles. The van der Waals surface area contributed by atoms with Crippen molar-refractivity contribution in [2.24, 2.45) is 5.92 Å². The molecule has 0 spiro atoms. The van der Waals surface area contributed by atoms with Gasteiger partial charge in [-0.15, -0.1) is 0 Å². The molecule has 0 bridgehead atoms. The third kappa shape index (κ3) is 1.70. The van der Waals surface area contributed by atoms with Crippen molar-refractivity contribution in [1.29, 1.82) is 0 Å². The van der Waals surface area contributed by atoms with Crippen LogP contribution in [0.2, 0.25) is 0 Å². The molecule has 3 heteroatoms. The smallest absolute Gasteiger partial charge is 0.120 e. The second kappa shape index (κ2) is 4.32. The van der Waals surface area contributed by atoms with Crippen LogP contribution in [0.25, 0.3) is 10.9 Å². The Hall–Kier alpha value is -1.48. The zero-order valence-corrected chi connectivity index (χ0v) is 11.2. The molecule has 0 unspecified atom stereocenters. The van der Waals surface area contributed by atoms with E-state index in [9.17, 15) is 0 Å². The Balaban J connectivity index is 2.17. The third-order valence-electron chi connectivity index (χ3n) is 3.86. The first kappa shape index (κ1) is 11.6. The number of benzene rings is 1. The highest BCUT2D eigenvalue weighted by molar-refractivity contribution is 5.86. The molecule has 2 aromatic rings. The van der Waals surface area contributed by atoms with Crippen LogP contribution < -0.4 is 10.1 Å². The van der Waals surface area contributed by atoms with Crippen LogP contribution in [-0.2, 0) is 6.42 Å². The second-order valence-corrected chi connectivity index (χ2v) is 5.35. The predicted octanol–water partition coefficient (Wildman–Crippen LogP) is 3.02. The van der Waals surface area contributed by atoms with Crippen molar-refractivity contribution in [2.45, 2.75) is 26.3 Å². The van der Waals surface area contributed by atoms with Crippen LogP contribution in [0.1, 0.15) is 31.1 Å². The van der Waals surface area contributed by atoms with Crippen molar-refractivity contribution in [1.82, 2.24) is 10.3 Å². The minimum Gasteiger partial charge on any atom is -0.497 e. The largest absolute Gasteiger partial charge is 0.497 e. The topological polar surface area (TPSA) is 37.0 Å². The minimum atomic E-state index is 0.437. The summed E-state index contributed by atoms with van der Waals surface area (Å²) in [7, 11) is 1.71. The van der Waals surface area contributed by atoms with Gasteiger partial charge in [0.25, 0.3) is 0 Å². The van der Waals surface area contributed by atoms with Crippen LogP contribution >= 0.6 is 0 Å². The van der Waals surface area contributed by atoms with E-state index in [1.54, 1.807) is 7.11 Å². The molecule has 3 nitrogen and oxygen atoms in total. The third-order valence-corrected chi connectivity index (χ3v) is 3.86. The van der Waals surface area contributed by atoms with Crippen molar-refractivity contribution in [2.75, 3.05) is 13.7 Å². The highest BCUT2D eigenvalue weighted by Gasteiger charge is 2.25. The molecular weight excluding hydrogens is 224 g/mol. The van der Waals surface area contributed by atoms with Crippen LogP contribution in [0.3, 0.4) is 0 Å². The Morgan fingerprint density at radius 3 is 2.89 bits per heavy atom. The van der Waals surface area contributed by atoms with Crippen molar-refractivity contribution in [3.63, 3.8) is 0 Å². The molecule has 0 saturated heterocycles. The lowest BCUT2D eigenvalue weighted by molar-refractivity contribution is 0.389. The van der Waals surface area contributed by atoms with Crippen molar-refractivity contribution < 1.29 is 4.74 Å². The van der Waals surface area contributed by atoms with Crippen molar-refractivity contribution >= 4 is 10.9 Å². The summed E-state index contributed by atoms with van der Waals surface area (Å²) in [4.78, 5) is 3.58. The van der Waals surface area contributed by atoms with E-state index in [0.717, 1.165) is 18.7 Å². The summed E-state index contributed by atoms with van der Waals surface area (Å²) in [6.07, 6.45) is 1.10. The minimum absolute atomic E-state index is 0.437. The van der Waals surface area contributed by atoms with E-state index in [1.165, 1.54) is 22.2 Å². The van der Waals surface area contributed by atoms with E-state index in [2.05, 4.69) is 36.3 Å². The van der Waals surface area contributed by atoms with E-state index in [4.69, 9.17) is 4.74 Å². The molecule has 0 saturated carbocycles. The van der Waals surface area contributed by atoms with Gasteiger partial charge in [-0.1, -0.05) is 13.8 Å². The number of aromatic nitrogens is 1. The van der Waals surface area contributed by atoms with Gasteiger partial charge in [-0.2, -0.15) is 0 Å². The van der Waals surface area contributed by atoms with E-state index < -0.39 is 0 Å². The molecule has 0 amide bonds. The molecule has 2 heterocycles. The molecule has 18 heavy (non-hydrogen) atoms. The summed E-state index contributed by atoms with van der Waals surface area (Å²) in [5.41, 5.74) is 4.03. The number of fused-ring (bicyclic) bond motifs is 3. The monoisotopic (exact) mass is 244 g/mol. The molecule has 3 rings (SSSR count). The van der Waals surface area contributed by atoms with Gasteiger partial charge in [0.1, 0.15) is 5.75 Å². The van der Waals surface area contributed by atoms with E-state index in [1.807, 2.05) is 6.07 Å². The number of methoxy groups -OCH3 is 1. The Bertz CT molecular complexity index is 571. The lowest BCUT2D eigenvalue weighted by Crippen LogP contribution is -2.32. The van der Waals surface area contributed by atoms with Gasteiger partial charge in [-0.05, 0) is 36.6 Å². The number of rotatable bonds is 2. The molecule has 1 aromatic carbocycles.